The van der Waals surface area contributed by atoms with E-state index in [2.05, 4.69) is 17.7 Å². The van der Waals surface area contributed by atoms with Crippen molar-refractivity contribution in [2.45, 2.75) is 25.7 Å². The molecule has 0 saturated heterocycles. The zero-order chi connectivity index (χ0) is 6.69. The summed E-state index contributed by atoms with van der Waals surface area (Å²) in [6.07, 6.45) is 9.65. The molecule has 1 unspecified atom stereocenters. The van der Waals surface area contributed by atoms with E-state index < -0.39 is 0 Å². The summed E-state index contributed by atoms with van der Waals surface area (Å²) in [5.41, 5.74) is 1.74. The molecule has 0 amide bonds. The predicted octanol–water partition coefficient (Wildman–Crippen LogP) is 2.97. The van der Waals surface area contributed by atoms with E-state index in [4.69, 9.17) is 0 Å². The lowest BCUT2D eigenvalue weighted by Crippen LogP contribution is -1.85. The second kappa shape index (κ2) is 3.26. The molecular formula is C8H13Cl. The second-order valence-corrected chi connectivity index (χ2v) is 2.71. The van der Waals surface area contributed by atoms with Gasteiger partial charge in [0.15, 0.2) is 0 Å². The van der Waals surface area contributed by atoms with Crippen LogP contribution in [0.3, 0.4) is 0 Å². The Morgan fingerprint density at radius 1 is 1.56 bits per heavy atom. The second-order valence-electron chi connectivity index (χ2n) is 2.71. The van der Waals surface area contributed by atoms with Crippen LogP contribution in [0.1, 0.15) is 25.7 Å². The zero-order valence-electron chi connectivity index (χ0n) is 5.86. The van der Waals surface area contributed by atoms with Crippen molar-refractivity contribution in [1.29, 1.82) is 0 Å². The molecule has 0 heterocycles. The molecule has 1 heteroatoms. The molecule has 0 aromatic carbocycles. The molecule has 2 aliphatic rings. The van der Waals surface area contributed by atoms with Gasteiger partial charge in [-0.05, 0) is 31.6 Å². The highest BCUT2D eigenvalue weighted by atomic mass is 35.5. The normalized spacial score (nSPS) is 29.1. The topological polar surface area (TPSA) is 0 Å². The maximum atomic E-state index is 4.64. The van der Waals surface area contributed by atoms with E-state index in [9.17, 15) is 0 Å². The molecule has 2 aliphatic carbocycles. The maximum Gasteiger partial charge on any atom is 0.0108 e. The molecule has 0 nitrogen and oxygen atoms in total. The van der Waals surface area contributed by atoms with Gasteiger partial charge in [0.2, 0.25) is 0 Å². The molecule has 0 N–H and O–H groups in total. The van der Waals surface area contributed by atoms with Crippen molar-refractivity contribution in [3.8, 4) is 0 Å². The quantitative estimate of drug-likeness (QED) is 0.362. The minimum atomic E-state index is 1.08. The standard InChI is InChI=1S/C7H10.CH3Cl/c1-2-7-4-3-6(1)5-7;1-2/h1,7H,2-5H2;1H3. The molecule has 2 bridgehead atoms. The molecule has 2 rings (SSSR count). The van der Waals surface area contributed by atoms with Crippen molar-refractivity contribution in [1.82, 2.24) is 0 Å². The molecule has 0 radical (unpaired) electrons. The van der Waals surface area contributed by atoms with Gasteiger partial charge in [-0.1, -0.05) is 11.6 Å². The van der Waals surface area contributed by atoms with Gasteiger partial charge in [-0.25, -0.2) is 0 Å². The van der Waals surface area contributed by atoms with Gasteiger partial charge in [-0.3, -0.25) is 0 Å². The van der Waals surface area contributed by atoms with E-state index in [1.165, 1.54) is 32.1 Å². The number of halogens is 1. The molecule has 0 aliphatic heterocycles. The van der Waals surface area contributed by atoms with E-state index >= 15 is 0 Å². The lowest BCUT2D eigenvalue weighted by atomic mass is 10.1. The zero-order valence-corrected chi connectivity index (χ0v) is 6.62. The lowest BCUT2D eigenvalue weighted by molar-refractivity contribution is 0.576. The third-order valence-corrected chi connectivity index (χ3v) is 2.16. The van der Waals surface area contributed by atoms with Gasteiger partial charge in [-0.2, -0.15) is 0 Å². The SMILES string of the molecule is C1=C2CCC(C1)C2.CCl. The summed E-state index contributed by atoms with van der Waals surface area (Å²) in [4.78, 5) is 0. The summed E-state index contributed by atoms with van der Waals surface area (Å²) in [5.74, 6) is 1.08. The van der Waals surface area contributed by atoms with Crippen molar-refractivity contribution in [2.75, 3.05) is 6.38 Å². The molecular weight excluding hydrogens is 132 g/mol. The van der Waals surface area contributed by atoms with Gasteiger partial charge in [-0.15, -0.1) is 11.6 Å². The number of rotatable bonds is 0. The van der Waals surface area contributed by atoms with Crippen LogP contribution in [-0.4, -0.2) is 6.38 Å². The van der Waals surface area contributed by atoms with E-state index in [1.807, 2.05) is 0 Å². The lowest BCUT2D eigenvalue weighted by Gasteiger charge is -1.98. The Morgan fingerprint density at radius 3 is 2.44 bits per heavy atom. The Bertz CT molecular complexity index is 116. The van der Waals surface area contributed by atoms with Gasteiger partial charge in [0.25, 0.3) is 0 Å². The fourth-order valence-corrected chi connectivity index (χ4v) is 1.68. The van der Waals surface area contributed by atoms with E-state index in [1.54, 1.807) is 5.57 Å². The first kappa shape index (κ1) is 7.14. The molecule has 1 atom stereocenters. The summed E-state index contributed by atoms with van der Waals surface area (Å²) < 4.78 is 0. The van der Waals surface area contributed by atoms with Crippen LogP contribution in [0.4, 0.5) is 0 Å². The van der Waals surface area contributed by atoms with Gasteiger partial charge < -0.3 is 0 Å². The smallest absolute Gasteiger partial charge is 0.0108 e. The van der Waals surface area contributed by atoms with Gasteiger partial charge >= 0.3 is 0 Å². The van der Waals surface area contributed by atoms with Crippen molar-refractivity contribution in [2.24, 2.45) is 5.92 Å². The highest BCUT2D eigenvalue weighted by Crippen LogP contribution is 2.38. The van der Waals surface area contributed by atoms with E-state index in [0.29, 0.717) is 0 Å². The van der Waals surface area contributed by atoms with Crippen LogP contribution in [0.5, 0.6) is 0 Å². The van der Waals surface area contributed by atoms with Crippen LogP contribution in [0, 0.1) is 5.92 Å². The molecule has 0 aromatic heterocycles. The Hall–Kier alpha value is 0.0300. The summed E-state index contributed by atoms with van der Waals surface area (Å²) in [6.45, 7) is 0. The first-order valence-electron chi connectivity index (χ1n) is 3.51. The summed E-state index contributed by atoms with van der Waals surface area (Å²) in [6, 6.07) is 0. The predicted molar refractivity (Wildman–Crippen MR) is 41.8 cm³/mol. The number of hydrogen-bond donors (Lipinski definition) is 0. The number of allylic oxidation sites excluding steroid dienone is 2. The summed E-state index contributed by atoms with van der Waals surface area (Å²) in [7, 11) is 0. The van der Waals surface area contributed by atoms with Crippen LogP contribution in [0.25, 0.3) is 0 Å². The average molecular weight is 145 g/mol. The average Bonchev–Trinajstić information content (AvgIpc) is 2.53. The number of fused-ring (bicyclic) bond motifs is 2. The van der Waals surface area contributed by atoms with Crippen LogP contribution in [-0.2, 0) is 0 Å². The van der Waals surface area contributed by atoms with Crippen LogP contribution in [0.2, 0.25) is 0 Å². The molecule has 1 fully saturated rings. The van der Waals surface area contributed by atoms with Gasteiger partial charge in [0, 0.05) is 6.38 Å². The third kappa shape index (κ3) is 1.48. The monoisotopic (exact) mass is 144 g/mol. The van der Waals surface area contributed by atoms with Crippen molar-refractivity contribution >= 4 is 11.6 Å². The van der Waals surface area contributed by atoms with Gasteiger partial charge in [0.05, 0.1) is 0 Å². The largest absolute Gasteiger partial charge is 0.130 e. The first-order valence-corrected chi connectivity index (χ1v) is 4.26. The Kier molecular flexibility index (Phi) is 2.59. The fraction of sp³-hybridized carbons (Fsp3) is 0.750. The van der Waals surface area contributed by atoms with E-state index in [-0.39, 0.29) is 0 Å². The third-order valence-electron chi connectivity index (χ3n) is 2.16. The Morgan fingerprint density at radius 2 is 2.33 bits per heavy atom. The highest BCUT2D eigenvalue weighted by molar-refractivity contribution is 6.15. The van der Waals surface area contributed by atoms with Crippen molar-refractivity contribution in [3.05, 3.63) is 11.6 Å². The molecule has 1 saturated carbocycles. The number of hydrogen-bond acceptors (Lipinski definition) is 0. The highest BCUT2D eigenvalue weighted by Gasteiger charge is 2.22. The molecule has 0 aromatic rings. The van der Waals surface area contributed by atoms with Gasteiger partial charge in [0.1, 0.15) is 0 Å². The summed E-state index contributed by atoms with van der Waals surface area (Å²) >= 11 is 4.64. The molecule has 9 heavy (non-hydrogen) atoms. The molecule has 52 valence electrons. The Labute approximate surface area is 61.9 Å². The molecule has 0 spiro atoms. The van der Waals surface area contributed by atoms with Crippen molar-refractivity contribution in [3.63, 3.8) is 0 Å². The maximum absolute atomic E-state index is 4.64. The van der Waals surface area contributed by atoms with E-state index in [0.717, 1.165) is 5.92 Å². The minimum Gasteiger partial charge on any atom is -0.130 e. The fourth-order valence-electron chi connectivity index (χ4n) is 1.68. The summed E-state index contributed by atoms with van der Waals surface area (Å²) in [5, 5.41) is 0. The minimum absolute atomic E-state index is 1.08. The number of alkyl halides is 1. The Balaban J connectivity index is 0.000000186. The first-order chi connectivity index (χ1) is 4.45. The van der Waals surface area contributed by atoms with Crippen LogP contribution in [0.15, 0.2) is 11.6 Å². The van der Waals surface area contributed by atoms with Crippen LogP contribution >= 0.6 is 11.6 Å². The van der Waals surface area contributed by atoms with Crippen molar-refractivity contribution < 1.29 is 0 Å². The van der Waals surface area contributed by atoms with Crippen LogP contribution < -0.4 is 0 Å².